The number of thiazole rings is 1. The van der Waals surface area contributed by atoms with Crippen molar-refractivity contribution in [2.45, 2.75) is 40.2 Å². The number of nitrogens with zero attached hydrogens (tertiary/aromatic N) is 1. The molecule has 0 saturated heterocycles. The minimum Gasteiger partial charge on any atom is -0.476 e. The van der Waals surface area contributed by atoms with E-state index in [2.05, 4.69) is 36.4 Å². The van der Waals surface area contributed by atoms with E-state index >= 15 is 0 Å². The first-order chi connectivity index (χ1) is 9.25. The van der Waals surface area contributed by atoms with Crippen molar-refractivity contribution in [1.82, 2.24) is 15.6 Å². The van der Waals surface area contributed by atoms with Crippen molar-refractivity contribution in [2.24, 2.45) is 5.41 Å². The summed E-state index contributed by atoms with van der Waals surface area (Å²) < 4.78 is 0. The third-order valence-corrected chi connectivity index (χ3v) is 4.17. The summed E-state index contributed by atoms with van der Waals surface area (Å²) in [5.74, 6) is -1.06. The Bertz CT molecular complexity index is 485. The number of carbonyl (C=O) groups is 2. The monoisotopic (exact) mass is 299 g/mol. The maximum atomic E-state index is 11.8. The molecule has 7 heteroatoms. The number of carboxylic acid groups (broad SMARTS) is 1. The third-order valence-electron chi connectivity index (χ3n) is 3.14. The van der Waals surface area contributed by atoms with Crippen LogP contribution in [0.2, 0.25) is 0 Å². The fraction of sp³-hybridized carbons (Fsp3) is 0.615. The molecule has 20 heavy (non-hydrogen) atoms. The Morgan fingerprint density at radius 1 is 1.50 bits per heavy atom. The quantitative estimate of drug-likeness (QED) is 0.753. The van der Waals surface area contributed by atoms with Crippen LogP contribution in [-0.2, 0) is 0 Å². The van der Waals surface area contributed by atoms with Gasteiger partial charge in [-0.05, 0) is 18.8 Å². The Morgan fingerprint density at radius 2 is 2.15 bits per heavy atom. The molecule has 0 fully saturated rings. The summed E-state index contributed by atoms with van der Waals surface area (Å²) in [5, 5.41) is 16.4. The van der Waals surface area contributed by atoms with Gasteiger partial charge in [-0.1, -0.05) is 20.8 Å². The van der Waals surface area contributed by atoms with E-state index in [1.54, 1.807) is 6.92 Å². The van der Waals surface area contributed by atoms with Crippen LogP contribution in [0.1, 0.15) is 55.7 Å². The lowest BCUT2D eigenvalue weighted by atomic mass is 9.90. The molecule has 0 aromatic carbocycles. The van der Waals surface area contributed by atoms with Gasteiger partial charge in [-0.3, -0.25) is 0 Å². The van der Waals surface area contributed by atoms with Gasteiger partial charge < -0.3 is 15.7 Å². The minimum atomic E-state index is -1.06. The summed E-state index contributed by atoms with van der Waals surface area (Å²) in [6.45, 7) is 8.59. The van der Waals surface area contributed by atoms with E-state index < -0.39 is 5.97 Å². The molecule has 0 bridgehead atoms. The molecule has 6 nitrogen and oxygen atoms in total. The molecular weight excluding hydrogens is 278 g/mol. The van der Waals surface area contributed by atoms with Crippen molar-refractivity contribution in [2.75, 3.05) is 6.54 Å². The Kier molecular flexibility index (Phi) is 5.50. The number of amides is 2. The molecule has 1 unspecified atom stereocenters. The predicted octanol–water partition coefficient (Wildman–Crippen LogP) is 2.64. The highest BCUT2D eigenvalue weighted by molar-refractivity contribution is 7.09. The van der Waals surface area contributed by atoms with Crippen LogP contribution in [0.4, 0.5) is 4.79 Å². The van der Waals surface area contributed by atoms with Crippen LogP contribution in [0.3, 0.4) is 0 Å². The molecule has 0 radical (unpaired) electrons. The Labute approximate surface area is 122 Å². The zero-order valence-corrected chi connectivity index (χ0v) is 13.0. The highest BCUT2D eigenvalue weighted by atomic mass is 32.1. The zero-order valence-electron chi connectivity index (χ0n) is 12.2. The summed E-state index contributed by atoms with van der Waals surface area (Å²) in [6.07, 6.45) is 0.970. The molecule has 3 N–H and O–H groups in total. The molecule has 0 spiro atoms. The molecule has 0 aliphatic carbocycles. The largest absolute Gasteiger partial charge is 0.476 e. The van der Waals surface area contributed by atoms with Gasteiger partial charge in [0.2, 0.25) is 0 Å². The number of rotatable bonds is 6. The normalized spacial score (nSPS) is 12.8. The van der Waals surface area contributed by atoms with Crippen molar-refractivity contribution in [1.29, 1.82) is 0 Å². The van der Waals surface area contributed by atoms with Gasteiger partial charge in [-0.25, -0.2) is 14.6 Å². The average Bonchev–Trinajstić information content (AvgIpc) is 2.86. The van der Waals surface area contributed by atoms with E-state index in [1.807, 2.05) is 0 Å². The van der Waals surface area contributed by atoms with E-state index in [9.17, 15) is 9.59 Å². The van der Waals surface area contributed by atoms with Crippen molar-refractivity contribution in [3.05, 3.63) is 16.1 Å². The summed E-state index contributed by atoms with van der Waals surface area (Å²) in [7, 11) is 0. The van der Waals surface area contributed by atoms with E-state index in [0.29, 0.717) is 11.6 Å². The number of carboxylic acids is 1. The van der Waals surface area contributed by atoms with Crippen molar-refractivity contribution >= 4 is 23.3 Å². The van der Waals surface area contributed by atoms with Gasteiger partial charge >= 0.3 is 12.0 Å². The number of hydrogen-bond donors (Lipinski definition) is 3. The van der Waals surface area contributed by atoms with Crippen LogP contribution in [-0.4, -0.2) is 28.6 Å². The maximum Gasteiger partial charge on any atom is 0.355 e. The zero-order chi connectivity index (χ0) is 15.3. The molecule has 0 aliphatic heterocycles. The van der Waals surface area contributed by atoms with Crippen LogP contribution < -0.4 is 10.6 Å². The van der Waals surface area contributed by atoms with Gasteiger partial charge in [0.15, 0.2) is 5.69 Å². The first-order valence-electron chi connectivity index (χ1n) is 6.48. The molecule has 1 aromatic rings. The second-order valence-electron chi connectivity index (χ2n) is 5.44. The molecule has 1 atom stereocenters. The Hall–Kier alpha value is -1.63. The molecule has 0 aliphatic rings. The van der Waals surface area contributed by atoms with Crippen LogP contribution in [0.25, 0.3) is 0 Å². The van der Waals surface area contributed by atoms with Crippen LogP contribution in [0, 0.1) is 5.41 Å². The van der Waals surface area contributed by atoms with E-state index in [1.165, 1.54) is 16.7 Å². The number of urea groups is 1. The first-order valence-corrected chi connectivity index (χ1v) is 7.36. The van der Waals surface area contributed by atoms with Gasteiger partial charge in [-0.15, -0.1) is 11.3 Å². The minimum absolute atomic E-state index is 0.00572. The van der Waals surface area contributed by atoms with Crippen molar-refractivity contribution in [3.63, 3.8) is 0 Å². The lowest BCUT2D eigenvalue weighted by Gasteiger charge is -2.23. The highest BCUT2D eigenvalue weighted by Gasteiger charge is 2.18. The fourth-order valence-electron chi connectivity index (χ4n) is 1.34. The molecule has 1 rings (SSSR count). The smallest absolute Gasteiger partial charge is 0.355 e. The molecule has 1 aromatic heterocycles. The molecule has 1 heterocycles. The van der Waals surface area contributed by atoms with Gasteiger partial charge in [0.25, 0.3) is 0 Å². The van der Waals surface area contributed by atoms with Gasteiger partial charge in [0, 0.05) is 11.9 Å². The summed E-state index contributed by atoms with van der Waals surface area (Å²) >= 11 is 1.22. The second kappa shape index (κ2) is 6.69. The van der Waals surface area contributed by atoms with Gasteiger partial charge in [-0.2, -0.15) is 0 Å². The van der Waals surface area contributed by atoms with Crippen molar-refractivity contribution < 1.29 is 14.7 Å². The number of aromatic nitrogens is 1. The van der Waals surface area contributed by atoms with Gasteiger partial charge in [0.05, 0.1) is 6.04 Å². The van der Waals surface area contributed by atoms with Crippen molar-refractivity contribution in [3.8, 4) is 0 Å². The van der Waals surface area contributed by atoms with Crippen LogP contribution in [0.5, 0.6) is 0 Å². The topological polar surface area (TPSA) is 91.3 Å². The van der Waals surface area contributed by atoms with Crippen LogP contribution >= 0.6 is 11.3 Å². The summed E-state index contributed by atoms with van der Waals surface area (Å²) in [6, 6.07) is -0.594. The number of aromatic carboxylic acids is 1. The predicted molar refractivity (Wildman–Crippen MR) is 78.1 cm³/mol. The second-order valence-corrected chi connectivity index (χ2v) is 6.33. The number of hydrogen-bond acceptors (Lipinski definition) is 4. The van der Waals surface area contributed by atoms with Gasteiger partial charge in [0.1, 0.15) is 5.01 Å². The summed E-state index contributed by atoms with van der Waals surface area (Å²) in [4.78, 5) is 26.5. The standard InChI is InChI=1S/C13H21N3O3S/c1-5-13(3,4)7-14-12(19)15-8(2)10-16-9(6-20-10)11(17)18/h6,8H,5,7H2,1-4H3,(H,17,18)(H2,14,15,19). The number of nitrogens with one attached hydrogen (secondary N) is 2. The average molecular weight is 299 g/mol. The SMILES string of the molecule is CCC(C)(C)CNC(=O)NC(C)c1nc(C(=O)O)cs1. The van der Waals surface area contributed by atoms with E-state index in [0.717, 1.165) is 6.42 Å². The fourth-order valence-corrected chi connectivity index (χ4v) is 2.14. The summed E-state index contributed by atoms with van der Waals surface area (Å²) in [5.41, 5.74) is 0.0595. The maximum absolute atomic E-state index is 11.8. The van der Waals surface area contributed by atoms with Crippen LogP contribution in [0.15, 0.2) is 5.38 Å². The van der Waals surface area contributed by atoms with E-state index in [-0.39, 0.29) is 23.2 Å². The molecule has 2 amide bonds. The highest BCUT2D eigenvalue weighted by Crippen LogP contribution is 2.19. The Morgan fingerprint density at radius 3 is 2.65 bits per heavy atom. The van der Waals surface area contributed by atoms with E-state index in [4.69, 9.17) is 5.11 Å². The lowest BCUT2D eigenvalue weighted by Crippen LogP contribution is -2.41. The third kappa shape index (κ3) is 4.80. The number of carbonyl (C=O) groups excluding carboxylic acids is 1. The molecule has 0 saturated carbocycles. The Balaban J connectivity index is 2.50. The lowest BCUT2D eigenvalue weighted by molar-refractivity contribution is 0.0691. The molecule has 112 valence electrons. The molecular formula is C13H21N3O3S. The first kappa shape index (κ1) is 16.4.